The Morgan fingerprint density at radius 2 is 1.61 bits per heavy atom. The van der Waals surface area contributed by atoms with Gasteiger partial charge in [-0.1, -0.05) is 30.3 Å². The van der Waals surface area contributed by atoms with Gasteiger partial charge in [0.15, 0.2) is 8.32 Å². The number of nitrogens with zero attached hydrogens (tertiary/aromatic N) is 1. The molecule has 1 aromatic rings. The average molecular weight is 484 g/mol. The highest BCUT2D eigenvalue weighted by molar-refractivity contribution is 8.38. The summed E-state index contributed by atoms with van der Waals surface area (Å²) in [7, 11) is -2.07. The molecule has 0 saturated heterocycles. The summed E-state index contributed by atoms with van der Waals surface area (Å²) in [5, 5.41) is 0. The predicted octanol–water partition coefficient (Wildman–Crippen LogP) is 5.29. The number of aliphatic imine (C=N–C) groups is 1. The molecule has 0 aliphatic rings. The second kappa shape index (κ2) is 13.8. The molecule has 0 unspecified atom stereocenters. The molecule has 1 aromatic carbocycles. The molecule has 9 heteroatoms. The predicted molar refractivity (Wildman–Crippen MR) is 133 cm³/mol. The number of ether oxygens (including phenoxy) is 2. The van der Waals surface area contributed by atoms with Crippen LogP contribution in [0.5, 0.6) is 0 Å². The highest BCUT2D eigenvalue weighted by Gasteiger charge is 2.35. The standard InChI is InChI=1S/C22H33NO5S2Si/c1-8-26-20(24)17(15-18(21(25)27-9-2)23-22(29-3)30-4)19(28-31(5,6)7)16-13-11-10-12-14-16/h10-15,17,19H,8-9H2,1-7H3/b18-15-/t17-,19-/m0/s1. The van der Waals surface area contributed by atoms with Gasteiger partial charge in [-0.05, 0) is 57.6 Å². The van der Waals surface area contributed by atoms with Crippen molar-refractivity contribution in [3.63, 3.8) is 0 Å². The van der Waals surface area contributed by atoms with Crippen LogP contribution in [0.25, 0.3) is 0 Å². The van der Waals surface area contributed by atoms with Crippen molar-refractivity contribution >= 4 is 48.2 Å². The lowest BCUT2D eigenvalue weighted by molar-refractivity contribution is -0.149. The van der Waals surface area contributed by atoms with E-state index < -0.39 is 32.3 Å². The Labute approximate surface area is 195 Å². The van der Waals surface area contributed by atoms with Crippen molar-refractivity contribution in [2.75, 3.05) is 25.7 Å². The molecule has 0 saturated carbocycles. The summed E-state index contributed by atoms with van der Waals surface area (Å²) >= 11 is 2.84. The van der Waals surface area contributed by atoms with E-state index in [0.29, 0.717) is 4.38 Å². The van der Waals surface area contributed by atoms with Crippen molar-refractivity contribution < 1.29 is 23.5 Å². The maximum absolute atomic E-state index is 13.0. The van der Waals surface area contributed by atoms with Crippen LogP contribution in [0.15, 0.2) is 47.1 Å². The summed E-state index contributed by atoms with van der Waals surface area (Å²) in [5.41, 5.74) is 0.903. The Balaban J connectivity index is 3.64. The van der Waals surface area contributed by atoms with E-state index in [1.165, 1.54) is 29.6 Å². The molecule has 0 heterocycles. The van der Waals surface area contributed by atoms with Crippen molar-refractivity contribution in [1.29, 1.82) is 0 Å². The van der Waals surface area contributed by atoms with Gasteiger partial charge in [0.25, 0.3) is 0 Å². The van der Waals surface area contributed by atoms with E-state index in [9.17, 15) is 9.59 Å². The lowest BCUT2D eigenvalue weighted by atomic mass is 9.94. The van der Waals surface area contributed by atoms with Gasteiger partial charge in [-0.15, -0.1) is 23.5 Å². The summed E-state index contributed by atoms with van der Waals surface area (Å²) in [5.74, 6) is -1.92. The number of carbonyl (C=O) groups is 2. The molecule has 6 nitrogen and oxygen atoms in total. The van der Waals surface area contributed by atoms with E-state index in [2.05, 4.69) is 24.6 Å². The molecule has 0 spiro atoms. The summed E-state index contributed by atoms with van der Waals surface area (Å²) in [4.78, 5) is 30.2. The van der Waals surface area contributed by atoms with Crippen LogP contribution in [-0.4, -0.2) is 50.4 Å². The first kappa shape index (κ1) is 27.5. The van der Waals surface area contributed by atoms with Gasteiger partial charge in [-0.2, -0.15) is 0 Å². The molecular formula is C22H33NO5S2Si. The van der Waals surface area contributed by atoms with Crippen LogP contribution in [0.4, 0.5) is 0 Å². The highest BCUT2D eigenvalue weighted by Crippen LogP contribution is 2.33. The van der Waals surface area contributed by atoms with Gasteiger partial charge in [-0.3, -0.25) is 4.79 Å². The monoisotopic (exact) mass is 483 g/mol. The molecule has 0 aliphatic carbocycles. The zero-order valence-corrected chi connectivity index (χ0v) is 22.0. The van der Waals surface area contributed by atoms with Crippen molar-refractivity contribution in [3.8, 4) is 0 Å². The number of hydrogen-bond donors (Lipinski definition) is 0. The molecule has 0 aromatic heterocycles. The number of rotatable bonds is 10. The van der Waals surface area contributed by atoms with Crippen LogP contribution in [0.3, 0.4) is 0 Å². The van der Waals surface area contributed by atoms with Crippen molar-refractivity contribution in [3.05, 3.63) is 47.7 Å². The summed E-state index contributed by atoms with van der Waals surface area (Å²) < 4.78 is 17.7. The average Bonchev–Trinajstić information content (AvgIpc) is 2.73. The van der Waals surface area contributed by atoms with Gasteiger partial charge in [0.2, 0.25) is 0 Å². The maximum Gasteiger partial charge on any atom is 0.356 e. The second-order valence-corrected chi connectivity index (χ2v) is 13.7. The SMILES string of the molecule is CCOC(=O)/C(=C/[C@H](C(=O)OCC)[C@@H](O[Si](C)(C)C)c1ccccc1)N=C(SC)SC. The Kier molecular flexibility index (Phi) is 12.2. The summed E-state index contributed by atoms with van der Waals surface area (Å²) in [6, 6.07) is 9.51. The number of hydrogen-bond acceptors (Lipinski definition) is 8. The highest BCUT2D eigenvalue weighted by atomic mass is 32.2. The minimum atomic E-state index is -2.07. The molecule has 2 atom stereocenters. The van der Waals surface area contributed by atoms with Crippen LogP contribution in [-0.2, 0) is 23.5 Å². The first-order valence-corrected chi connectivity index (χ1v) is 16.0. The number of thioether (sulfide) groups is 2. The van der Waals surface area contributed by atoms with Crippen LogP contribution >= 0.6 is 23.5 Å². The normalized spacial score (nSPS) is 13.8. The van der Waals surface area contributed by atoms with Crippen LogP contribution in [0.1, 0.15) is 25.5 Å². The quantitative estimate of drug-likeness (QED) is 0.147. The molecule has 172 valence electrons. The molecule has 0 N–H and O–H groups in total. The van der Waals surface area contributed by atoms with Gasteiger partial charge in [0.1, 0.15) is 16.0 Å². The molecule has 31 heavy (non-hydrogen) atoms. The van der Waals surface area contributed by atoms with Gasteiger partial charge in [-0.25, -0.2) is 9.79 Å². The number of benzene rings is 1. The minimum Gasteiger partial charge on any atom is -0.465 e. The topological polar surface area (TPSA) is 74.2 Å². The minimum absolute atomic E-state index is 0.0683. The van der Waals surface area contributed by atoms with E-state index in [4.69, 9.17) is 13.9 Å². The fourth-order valence-electron chi connectivity index (χ4n) is 2.69. The largest absolute Gasteiger partial charge is 0.465 e. The van der Waals surface area contributed by atoms with Gasteiger partial charge in [0.05, 0.1) is 19.3 Å². The third-order valence-corrected chi connectivity index (χ3v) is 6.72. The lowest BCUT2D eigenvalue weighted by Gasteiger charge is -2.30. The fraction of sp³-hybridized carbons (Fsp3) is 0.500. The second-order valence-electron chi connectivity index (χ2n) is 7.40. The molecule has 0 amide bonds. The Morgan fingerprint density at radius 3 is 2.10 bits per heavy atom. The van der Waals surface area contributed by atoms with E-state index in [1.807, 2.05) is 42.8 Å². The van der Waals surface area contributed by atoms with Crippen LogP contribution in [0.2, 0.25) is 19.6 Å². The van der Waals surface area contributed by atoms with Crippen molar-refractivity contribution in [2.45, 2.75) is 39.6 Å². The zero-order chi connectivity index (χ0) is 23.4. The van der Waals surface area contributed by atoms with Gasteiger partial charge >= 0.3 is 11.9 Å². The third kappa shape index (κ3) is 9.63. The first-order valence-electron chi connectivity index (χ1n) is 10.1. The smallest absolute Gasteiger partial charge is 0.356 e. The molecule has 0 fully saturated rings. The summed E-state index contributed by atoms with van der Waals surface area (Å²) in [6.45, 7) is 10.1. The van der Waals surface area contributed by atoms with Gasteiger partial charge < -0.3 is 13.9 Å². The van der Waals surface area contributed by atoms with Crippen molar-refractivity contribution in [1.82, 2.24) is 0 Å². The number of carbonyl (C=O) groups excluding carboxylic acids is 2. The van der Waals surface area contributed by atoms with Gasteiger partial charge in [0, 0.05) is 0 Å². The summed E-state index contributed by atoms with van der Waals surface area (Å²) in [6.07, 6.45) is 4.67. The molecule has 1 rings (SSSR count). The number of esters is 2. The van der Waals surface area contributed by atoms with Crippen LogP contribution in [0, 0.1) is 5.92 Å². The van der Waals surface area contributed by atoms with E-state index in [-0.39, 0.29) is 18.9 Å². The molecule has 0 bridgehead atoms. The first-order chi connectivity index (χ1) is 14.7. The molecule has 0 radical (unpaired) electrons. The van der Waals surface area contributed by atoms with Crippen molar-refractivity contribution in [2.24, 2.45) is 10.9 Å². The third-order valence-electron chi connectivity index (χ3n) is 3.88. The lowest BCUT2D eigenvalue weighted by Crippen LogP contribution is -2.34. The Bertz CT molecular complexity index is 772. The maximum atomic E-state index is 13.0. The van der Waals surface area contributed by atoms with E-state index >= 15 is 0 Å². The molecular weight excluding hydrogens is 450 g/mol. The zero-order valence-electron chi connectivity index (χ0n) is 19.3. The Morgan fingerprint density at radius 1 is 1.03 bits per heavy atom. The van der Waals surface area contributed by atoms with Crippen LogP contribution < -0.4 is 0 Å². The van der Waals surface area contributed by atoms with E-state index in [0.717, 1.165) is 5.56 Å². The fourth-order valence-corrected chi connectivity index (χ4v) is 4.78. The van der Waals surface area contributed by atoms with E-state index in [1.54, 1.807) is 13.8 Å². The molecule has 0 aliphatic heterocycles. The Hall–Kier alpha value is -1.55.